The first-order valence-corrected chi connectivity index (χ1v) is 9.93. The topological polar surface area (TPSA) is 146 Å². The second-order valence-electron chi connectivity index (χ2n) is 5.17. The van der Waals surface area contributed by atoms with Crippen LogP contribution in [0, 0.1) is 0 Å². The number of hydrogen-bond donors (Lipinski definition) is 2. The van der Waals surface area contributed by atoms with Gasteiger partial charge in [0.15, 0.2) is 0 Å². The first-order valence-electron chi connectivity index (χ1n) is 7.65. The zero-order valence-corrected chi connectivity index (χ0v) is 17.6. The Kier molecular flexibility index (Phi) is 7.09. The zero-order valence-electron chi connectivity index (χ0n) is 15.2. The third-order valence-electron chi connectivity index (χ3n) is 3.14. The number of methoxy groups -OCH3 is 2. The van der Waals surface area contributed by atoms with Gasteiger partial charge in [-0.05, 0) is 12.1 Å². The van der Waals surface area contributed by atoms with E-state index in [2.05, 4.69) is 19.4 Å². The number of nitrogens with zero attached hydrogens (tertiary/aromatic N) is 2. The van der Waals surface area contributed by atoms with E-state index in [1.807, 2.05) is 21.2 Å². The normalized spacial score (nSPS) is 11.4. The van der Waals surface area contributed by atoms with Crippen LogP contribution in [0.25, 0.3) is 0 Å². The molecule has 2 aromatic rings. The average Bonchev–Trinajstić information content (AvgIpc) is 2.65. The zero-order chi connectivity index (χ0) is 22.5. The summed E-state index contributed by atoms with van der Waals surface area (Å²) in [5, 5.41) is -1.83. The molecule has 0 aliphatic carbocycles. The Hall–Kier alpha value is -3.07. The van der Waals surface area contributed by atoms with Gasteiger partial charge in [0.05, 0.1) is 25.8 Å². The molecule has 1 aromatic carbocycles. The van der Waals surface area contributed by atoms with Crippen molar-refractivity contribution in [2.45, 2.75) is 9.91 Å². The van der Waals surface area contributed by atoms with Crippen molar-refractivity contribution in [3.05, 3.63) is 35.9 Å². The molecule has 0 aliphatic heterocycles. The number of carbonyl (C=O) groups is 2. The summed E-state index contributed by atoms with van der Waals surface area (Å²) in [6.45, 7) is 0. The van der Waals surface area contributed by atoms with Crippen LogP contribution in [-0.2, 0) is 14.8 Å². The van der Waals surface area contributed by atoms with Gasteiger partial charge < -0.3 is 14.2 Å². The number of halogens is 3. The summed E-state index contributed by atoms with van der Waals surface area (Å²) in [7, 11) is -2.31. The predicted molar refractivity (Wildman–Crippen MR) is 100 cm³/mol. The lowest BCUT2D eigenvalue weighted by atomic mass is 10.2. The third-order valence-corrected chi connectivity index (χ3v) is 4.69. The molecule has 0 atom stereocenters. The fraction of sp³-hybridized carbons (Fsp3) is 0.200. The van der Waals surface area contributed by atoms with Gasteiger partial charge in [-0.1, -0.05) is 12.1 Å². The molecule has 0 saturated heterocycles. The Labute approximate surface area is 176 Å². The van der Waals surface area contributed by atoms with Crippen LogP contribution >= 0.6 is 15.9 Å². The van der Waals surface area contributed by atoms with Crippen molar-refractivity contribution in [3.8, 4) is 11.8 Å². The van der Waals surface area contributed by atoms with Crippen LogP contribution in [0.2, 0.25) is 0 Å². The molecule has 0 aliphatic rings. The molecule has 0 fully saturated rings. The highest BCUT2D eigenvalue weighted by Crippen LogP contribution is 2.28. The van der Waals surface area contributed by atoms with Gasteiger partial charge in [-0.25, -0.2) is 22.7 Å². The van der Waals surface area contributed by atoms with E-state index in [9.17, 15) is 26.8 Å². The Morgan fingerprint density at radius 2 is 1.77 bits per heavy atom. The lowest BCUT2D eigenvalue weighted by Gasteiger charge is -2.13. The van der Waals surface area contributed by atoms with Gasteiger partial charge in [-0.15, -0.1) is 0 Å². The molecule has 162 valence electrons. The summed E-state index contributed by atoms with van der Waals surface area (Å²) in [5.74, 6) is -2.48. The molecular weight excluding hydrogens is 498 g/mol. The second-order valence-corrected chi connectivity index (χ2v) is 7.74. The number of sulfonamides is 1. The maximum absolute atomic E-state index is 13.0. The van der Waals surface area contributed by atoms with Crippen LogP contribution in [0.5, 0.6) is 11.8 Å². The first-order chi connectivity index (χ1) is 13.9. The van der Waals surface area contributed by atoms with E-state index in [1.54, 1.807) is 4.72 Å². The number of hydrogen-bond acceptors (Lipinski definition) is 9. The summed E-state index contributed by atoms with van der Waals surface area (Å²) < 4.78 is 66.0. The van der Waals surface area contributed by atoms with Crippen LogP contribution < -0.4 is 19.5 Å². The monoisotopic (exact) mass is 510 g/mol. The number of benzene rings is 1. The van der Waals surface area contributed by atoms with Crippen molar-refractivity contribution in [1.82, 2.24) is 14.7 Å². The van der Waals surface area contributed by atoms with E-state index in [1.165, 1.54) is 18.2 Å². The number of ether oxygens (including phenoxy) is 3. The minimum atomic E-state index is -4.53. The van der Waals surface area contributed by atoms with Crippen LogP contribution in [0.4, 0.5) is 19.5 Å². The molecule has 0 bridgehead atoms. The van der Waals surface area contributed by atoms with Gasteiger partial charge in [-0.3, -0.25) is 5.32 Å². The lowest BCUT2D eigenvalue weighted by molar-refractivity contribution is -0.0831. The fourth-order valence-electron chi connectivity index (χ4n) is 2.02. The molecule has 2 N–H and O–H groups in total. The maximum Gasteiger partial charge on any atom is 0.460 e. The van der Waals surface area contributed by atoms with E-state index in [4.69, 9.17) is 4.74 Å². The smallest absolute Gasteiger partial charge is 0.460 e. The highest BCUT2D eigenvalue weighted by atomic mass is 79.9. The van der Waals surface area contributed by atoms with Crippen LogP contribution in [-0.4, -0.2) is 49.6 Å². The third kappa shape index (κ3) is 6.21. The molecule has 30 heavy (non-hydrogen) atoms. The van der Waals surface area contributed by atoms with E-state index < -0.39 is 43.8 Å². The molecule has 0 unspecified atom stereocenters. The number of rotatable bonds is 7. The van der Waals surface area contributed by atoms with E-state index in [0.29, 0.717) is 0 Å². The molecule has 0 saturated carbocycles. The molecule has 2 amide bonds. The average molecular weight is 511 g/mol. The Morgan fingerprint density at radius 1 is 1.13 bits per heavy atom. The van der Waals surface area contributed by atoms with Crippen molar-refractivity contribution in [2.75, 3.05) is 19.5 Å². The van der Waals surface area contributed by atoms with Gasteiger partial charge in [0, 0.05) is 15.9 Å². The van der Waals surface area contributed by atoms with Gasteiger partial charge >= 0.3 is 17.0 Å². The fourth-order valence-corrected chi connectivity index (χ4v) is 3.29. The maximum atomic E-state index is 13.0. The largest absolute Gasteiger partial charge is 0.481 e. The van der Waals surface area contributed by atoms with E-state index in [-0.39, 0.29) is 11.4 Å². The van der Waals surface area contributed by atoms with Gasteiger partial charge in [0.1, 0.15) is 4.90 Å². The first kappa shape index (κ1) is 23.2. The van der Waals surface area contributed by atoms with Crippen molar-refractivity contribution in [2.24, 2.45) is 0 Å². The highest BCUT2D eigenvalue weighted by Gasteiger charge is 2.29. The molecule has 0 radical (unpaired) electrons. The lowest BCUT2D eigenvalue weighted by Crippen LogP contribution is -2.35. The summed E-state index contributed by atoms with van der Waals surface area (Å²) in [5.41, 5.74) is -0.312. The summed E-state index contributed by atoms with van der Waals surface area (Å²) in [6, 6.07) is 4.55. The Morgan fingerprint density at radius 3 is 2.37 bits per heavy atom. The standard InChI is InChI=1S/C15H13BrF2N4O7S/c1-27-10-7-11(29-15(16,17)18)20-13(19-10)21-14(24)22-30(25,26)9-6-4-3-5-8(9)12(23)28-2/h3-7H,1-2H3,(H2,19,20,21,22,24). The SMILES string of the molecule is COC(=O)c1ccccc1S(=O)(=O)NC(=O)Nc1nc(OC)cc(OC(F)(F)Br)n1. The van der Waals surface area contributed by atoms with E-state index >= 15 is 0 Å². The van der Waals surface area contributed by atoms with Gasteiger partial charge in [-0.2, -0.15) is 18.7 Å². The Balaban J connectivity index is 2.25. The number of alkyl halides is 3. The molecule has 1 aromatic heterocycles. The molecule has 0 spiro atoms. The number of urea groups is 1. The predicted octanol–water partition coefficient (Wildman–Crippen LogP) is 2.11. The van der Waals surface area contributed by atoms with Crippen molar-refractivity contribution >= 4 is 43.9 Å². The Bertz CT molecular complexity index is 1060. The highest BCUT2D eigenvalue weighted by molar-refractivity contribution is 9.09. The summed E-state index contributed by atoms with van der Waals surface area (Å²) in [4.78, 5) is 30.5. The summed E-state index contributed by atoms with van der Waals surface area (Å²) in [6.07, 6.45) is 0. The minimum Gasteiger partial charge on any atom is -0.481 e. The molecule has 1 heterocycles. The van der Waals surface area contributed by atoms with Crippen LogP contribution in [0.15, 0.2) is 35.2 Å². The minimum absolute atomic E-state index is 0.258. The van der Waals surface area contributed by atoms with Gasteiger partial charge in [0.2, 0.25) is 17.7 Å². The summed E-state index contributed by atoms with van der Waals surface area (Å²) >= 11 is 1.95. The number of amides is 2. The number of anilines is 1. The van der Waals surface area contributed by atoms with Crippen molar-refractivity contribution in [3.63, 3.8) is 0 Å². The second kappa shape index (κ2) is 9.17. The van der Waals surface area contributed by atoms with Crippen LogP contribution in [0.3, 0.4) is 0 Å². The number of aromatic nitrogens is 2. The number of esters is 1. The number of nitrogens with one attached hydrogen (secondary N) is 2. The molecular formula is C15H13BrF2N4O7S. The van der Waals surface area contributed by atoms with E-state index in [0.717, 1.165) is 26.4 Å². The molecule has 2 rings (SSSR count). The quantitative estimate of drug-likeness (QED) is 0.422. The van der Waals surface area contributed by atoms with Crippen molar-refractivity contribution in [1.29, 1.82) is 0 Å². The number of carbonyl (C=O) groups excluding carboxylic acids is 2. The molecule has 15 heteroatoms. The van der Waals surface area contributed by atoms with Crippen LogP contribution in [0.1, 0.15) is 10.4 Å². The van der Waals surface area contributed by atoms with Gasteiger partial charge in [0.25, 0.3) is 10.0 Å². The molecule has 11 nitrogen and oxygen atoms in total. The van der Waals surface area contributed by atoms with Crippen molar-refractivity contribution < 1.29 is 41.0 Å².